The summed E-state index contributed by atoms with van der Waals surface area (Å²) in [4.78, 5) is 40.9. The lowest BCUT2D eigenvalue weighted by molar-refractivity contribution is -0.220. The molecule has 3 N–H and O–H groups in total. The number of ether oxygens (including phenoxy) is 2. The van der Waals surface area contributed by atoms with Gasteiger partial charge < -0.3 is 19.3 Å². The van der Waals surface area contributed by atoms with E-state index in [9.17, 15) is 52.8 Å². The first-order valence-electron chi connectivity index (χ1n) is 29.2. The first-order chi connectivity index (χ1) is 41.3. The SMILES string of the molecule is CC(C)(COc1ccn[nH]1)C(F)(F)F.Cc1nn(C)cc1S(=O)(=O)NC(=O)c1cc([Si](C)(C)C)c(-n2ccc(OCC(C)(C)C(F)(F)F)n2)nc1N1C[C@@H](C)CC1(C)C.Cc1nn(C)cc1S(=O)(=O)NC(=O)c1cc([Si](C)(C)C)c(Cl)nc1N1C[C@@H](C)CC1(C)C. The van der Waals surface area contributed by atoms with Crippen LogP contribution in [0.1, 0.15) is 114 Å². The smallest absolute Gasteiger partial charge is 0.397 e. The van der Waals surface area contributed by atoms with Gasteiger partial charge >= 0.3 is 12.4 Å². The molecule has 91 heavy (non-hydrogen) atoms. The van der Waals surface area contributed by atoms with Crippen molar-refractivity contribution in [3.8, 4) is 17.6 Å². The van der Waals surface area contributed by atoms with Crippen LogP contribution in [-0.2, 0) is 34.1 Å². The molecule has 2 saturated heterocycles. The molecule has 2 aliphatic rings. The fourth-order valence-corrected chi connectivity index (χ4v) is 16.6. The normalized spacial score (nSPS) is 17.3. The monoisotopic (exact) mass is 1370 g/mol. The Bertz CT molecular complexity index is 3860. The number of hydrogen-bond acceptors (Lipinski definition) is 16. The van der Waals surface area contributed by atoms with Crippen molar-refractivity contribution in [1.29, 1.82) is 0 Å². The minimum Gasteiger partial charge on any atom is -0.477 e. The number of aryl methyl sites for hydroxylation is 4. The second-order valence-electron chi connectivity index (χ2n) is 28.1. The minimum absolute atomic E-state index is 0.00733. The summed E-state index contributed by atoms with van der Waals surface area (Å²) < 4.78 is 149. The van der Waals surface area contributed by atoms with Crippen LogP contribution in [0.3, 0.4) is 0 Å². The molecule has 2 atom stereocenters. The molecule has 504 valence electrons. The zero-order chi connectivity index (χ0) is 69.0. The van der Waals surface area contributed by atoms with Crippen molar-refractivity contribution in [1.82, 2.24) is 59.0 Å². The maximum atomic E-state index is 13.9. The summed E-state index contributed by atoms with van der Waals surface area (Å²) in [5, 5.41) is 20.4. The minimum atomic E-state index is -4.46. The number of carbonyl (C=O) groups excluding carboxylic acids is 2. The number of rotatable bonds is 17. The molecule has 8 rings (SSSR count). The van der Waals surface area contributed by atoms with Crippen molar-refractivity contribution >= 4 is 81.6 Å². The third-order valence-electron chi connectivity index (χ3n) is 15.6. The number of anilines is 2. The fourth-order valence-electron chi connectivity index (χ4n) is 10.5. The van der Waals surface area contributed by atoms with E-state index in [0.29, 0.717) is 46.7 Å². The van der Waals surface area contributed by atoms with E-state index in [4.69, 9.17) is 26.1 Å². The van der Waals surface area contributed by atoms with Gasteiger partial charge in [0.2, 0.25) is 11.8 Å². The Kier molecular flexibility index (Phi) is 21.1. The molecule has 0 unspecified atom stereocenters. The van der Waals surface area contributed by atoms with Gasteiger partial charge in [0, 0.05) is 69.0 Å². The Hall–Kier alpha value is -6.52. The quantitative estimate of drug-likeness (QED) is 0.0436. The van der Waals surface area contributed by atoms with E-state index >= 15 is 0 Å². The lowest BCUT2D eigenvalue weighted by Gasteiger charge is -2.35. The summed E-state index contributed by atoms with van der Waals surface area (Å²) in [6, 6.07) is 6.34. The van der Waals surface area contributed by atoms with Crippen molar-refractivity contribution < 1.29 is 62.2 Å². The molecule has 6 aromatic heterocycles. The first kappa shape index (κ1) is 73.5. The van der Waals surface area contributed by atoms with Crippen molar-refractivity contribution in [2.75, 3.05) is 36.1 Å². The van der Waals surface area contributed by atoms with E-state index < -0.39 is 89.9 Å². The molecule has 0 spiro atoms. The highest BCUT2D eigenvalue weighted by atomic mass is 35.5. The Labute approximate surface area is 535 Å². The van der Waals surface area contributed by atoms with Crippen LogP contribution in [0.4, 0.5) is 38.0 Å². The number of alkyl halides is 6. The molecule has 0 bridgehead atoms. The van der Waals surface area contributed by atoms with E-state index in [2.05, 4.69) is 92.2 Å². The number of aromatic amines is 1. The van der Waals surface area contributed by atoms with Crippen LogP contribution in [0.15, 0.2) is 58.8 Å². The number of carbonyl (C=O) groups is 2. The van der Waals surface area contributed by atoms with Gasteiger partial charge in [0.1, 0.15) is 39.8 Å². The molecule has 0 aliphatic carbocycles. The van der Waals surface area contributed by atoms with E-state index in [1.165, 1.54) is 44.8 Å². The summed E-state index contributed by atoms with van der Waals surface area (Å²) in [5.41, 5.74) is -3.73. The molecule has 2 amide bonds. The number of amides is 2. The van der Waals surface area contributed by atoms with Crippen LogP contribution in [-0.4, -0.2) is 144 Å². The van der Waals surface area contributed by atoms with Gasteiger partial charge in [-0.2, -0.15) is 41.6 Å². The average Bonchev–Trinajstić information content (AvgIpc) is 1.73. The van der Waals surface area contributed by atoms with Gasteiger partial charge in [-0.15, -0.1) is 5.10 Å². The zero-order valence-corrected chi connectivity index (χ0v) is 59.6. The molecule has 22 nitrogen and oxygen atoms in total. The molecule has 33 heteroatoms. The van der Waals surface area contributed by atoms with Crippen molar-refractivity contribution in [2.45, 2.75) is 168 Å². The van der Waals surface area contributed by atoms with Crippen LogP contribution < -0.4 is 39.1 Å². The summed E-state index contributed by atoms with van der Waals surface area (Å²) in [7, 11) is -9.42. The number of H-pyrrole nitrogens is 1. The number of nitrogens with zero attached hydrogens (tertiary/aromatic N) is 11. The zero-order valence-electron chi connectivity index (χ0n) is 55.2. The predicted octanol–water partition coefficient (Wildman–Crippen LogP) is 10.0. The van der Waals surface area contributed by atoms with Gasteiger partial charge in [0.05, 0.1) is 55.7 Å². The topological polar surface area (TPSA) is 259 Å². The van der Waals surface area contributed by atoms with E-state index in [-0.39, 0.29) is 55.6 Å². The van der Waals surface area contributed by atoms with E-state index in [1.807, 2.05) is 38.4 Å². The second kappa shape index (κ2) is 26.1. The largest absolute Gasteiger partial charge is 0.477 e. The van der Waals surface area contributed by atoms with Gasteiger partial charge in [0.15, 0.2) is 5.82 Å². The molecule has 6 aromatic rings. The summed E-state index contributed by atoms with van der Waals surface area (Å²) >= 11 is 6.59. The number of aromatic nitrogens is 10. The molecular weight excluding hydrogens is 1290 g/mol. The van der Waals surface area contributed by atoms with E-state index in [1.54, 1.807) is 46.3 Å². The summed E-state index contributed by atoms with van der Waals surface area (Å²) in [6.07, 6.45) is -1.32. The predicted molar refractivity (Wildman–Crippen MR) is 341 cm³/mol. The number of nitrogens with one attached hydrogen (secondary N) is 3. The van der Waals surface area contributed by atoms with Crippen molar-refractivity contribution in [2.24, 2.45) is 36.8 Å². The molecular formula is C58H85ClF6N14O8S2Si2. The van der Waals surface area contributed by atoms with Crippen molar-refractivity contribution in [3.05, 3.63) is 76.7 Å². The highest BCUT2D eigenvalue weighted by Gasteiger charge is 2.49. The second-order valence-corrected chi connectivity index (χ2v) is 41.9. The molecule has 0 radical (unpaired) electrons. The maximum Gasteiger partial charge on any atom is 0.397 e. The molecule has 8 heterocycles. The Morgan fingerprint density at radius 3 is 1.45 bits per heavy atom. The van der Waals surface area contributed by atoms with Crippen LogP contribution >= 0.6 is 11.6 Å². The van der Waals surface area contributed by atoms with E-state index in [0.717, 1.165) is 45.7 Å². The molecule has 0 saturated carbocycles. The Morgan fingerprint density at radius 2 is 1.09 bits per heavy atom. The maximum absolute atomic E-state index is 13.9. The third-order valence-corrected chi connectivity index (χ3v) is 22.9. The van der Waals surface area contributed by atoms with Crippen LogP contribution in [0.2, 0.25) is 44.4 Å². The van der Waals surface area contributed by atoms with Gasteiger partial charge in [0.25, 0.3) is 31.9 Å². The highest BCUT2D eigenvalue weighted by molar-refractivity contribution is 7.90. The van der Waals surface area contributed by atoms with Crippen molar-refractivity contribution in [3.63, 3.8) is 0 Å². The third kappa shape index (κ3) is 17.2. The molecule has 0 aromatic carbocycles. The standard InChI is InChI=1S/C29H42F3N7O4SSi.C21H32ClN5O3SSi.C8H11F3N2O/c1-18-14-28(5,6)38(15-18)24-20(26(40)36-44(41,42)21-16-37(7)34-19(21)2)13-22(45(8,9)10)25(33-24)39-12-11-23(35-39)43-17-27(3,4)29(30,31)32;1-13-10-21(3,4)27(11-13)19-15(9-17(18(22)23-19)32(6,7)8)20(28)25-31(29,30)16-12-26(5)24-14(16)2;1-7(2,8(9,10)11)5-14-6-3-4-12-13-6/h11-13,16,18H,14-15,17H2,1-10H3,(H,36,40);9,12-13H,10-11H2,1-8H3,(H,25,28);3-4H,5H2,1-2H3,(H,12,13)/t18-;13-;/m00./s1. The van der Waals surface area contributed by atoms with Gasteiger partial charge in [-0.1, -0.05) is 64.7 Å². The lowest BCUT2D eigenvalue weighted by Crippen LogP contribution is -2.45. The number of pyridine rings is 2. The number of sulfonamides is 2. The Morgan fingerprint density at radius 1 is 0.670 bits per heavy atom. The van der Waals surface area contributed by atoms with Gasteiger partial charge in [-0.3, -0.25) is 19.0 Å². The highest BCUT2D eigenvalue weighted by Crippen LogP contribution is 2.42. The Balaban J connectivity index is 0.000000247. The summed E-state index contributed by atoms with van der Waals surface area (Å²) in [5.74, 6) is 0.445. The molecule has 2 fully saturated rings. The molecule has 2 aliphatic heterocycles. The fraction of sp³-hybridized carbons (Fsp3) is 0.586. The summed E-state index contributed by atoms with van der Waals surface area (Å²) in [6.45, 7) is 32.6. The average molecular weight is 1380 g/mol. The van der Waals surface area contributed by atoms with Gasteiger partial charge in [-0.25, -0.2) is 46.0 Å². The van der Waals surface area contributed by atoms with Gasteiger partial charge in [-0.05, 0) is 116 Å². The lowest BCUT2D eigenvalue weighted by atomic mass is 9.94. The first-order valence-corrected chi connectivity index (χ1v) is 39.5. The van der Waals surface area contributed by atoms with Crippen LogP contribution in [0, 0.1) is 36.5 Å². The number of halogens is 7. The van der Waals surface area contributed by atoms with Crippen LogP contribution in [0.25, 0.3) is 5.82 Å². The number of hydrogen-bond donors (Lipinski definition) is 3. The van der Waals surface area contributed by atoms with Crippen LogP contribution in [0.5, 0.6) is 11.8 Å².